The Morgan fingerprint density at radius 2 is 2.55 bits per heavy atom. The van der Waals surface area contributed by atoms with E-state index >= 15 is 0 Å². The fraction of sp³-hybridized carbons (Fsp3) is 0.833. The first-order valence-electron chi connectivity index (χ1n) is 3.39. The van der Waals surface area contributed by atoms with Crippen LogP contribution in [0, 0.1) is 5.92 Å². The summed E-state index contributed by atoms with van der Waals surface area (Å²) in [7, 11) is 1.55. The van der Waals surface area contributed by atoms with Crippen molar-refractivity contribution >= 4 is 18.1 Å². The number of nitrogens with one attached hydrogen (secondary N) is 1. The second kappa shape index (κ2) is 5.35. The average Bonchev–Trinajstić information content (AvgIpc) is 2.36. The van der Waals surface area contributed by atoms with Crippen LogP contribution in [0.3, 0.4) is 0 Å². The van der Waals surface area contributed by atoms with Gasteiger partial charge in [-0.05, 0) is 0 Å². The predicted molar refractivity (Wildman–Crippen MR) is 47.1 cm³/mol. The lowest BCUT2D eigenvalue weighted by molar-refractivity contribution is 0.211. The summed E-state index contributed by atoms with van der Waals surface area (Å²) in [5.74, 6) is 0.375. The first kappa shape index (κ1) is 10.7. The van der Waals surface area contributed by atoms with Crippen molar-refractivity contribution in [2.24, 2.45) is 16.8 Å². The van der Waals surface area contributed by atoms with Crippen molar-refractivity contribution in [1.82, 2.24) is 5.32 Å². The third-order valence-electron chi connectivity index (χ3n) is 1.66. The molecule has 1 aliphatic rings. The Balaban J connectivity index is 0.000001000. The molecule has 0 aromatic carbocycles. The zero-order chi connectivity index (χ0) is 7.40. The molecule has 11 heavy (non-hydrogen) atoms. The van der Waals surface area contributed by atoms with Crippen LogP contribution in [-0.4, -0.2) is 32.5 Å². The Bertz CT molecular complexity index is 140. The minimum atomic E-state index is 0. The molecule has 0 aromatic heterocycles. The quantitative estimate of drug-likeness (QED) is 0.567. The smallest absolute Gasteiger partial charge is 0.106 e. The molecule has 0 saturated carbocycles. The van der Waals surface area contributed by atoms with Crippen LogP contribution >= 0.6 is 12.4 Å². The number of halogens is 1. The molecule has 1 unspecified atom stereocenters. The molecule has 1 atom stereocenters. The third kappa shape index (κ3) is 2.65. The summed E-state index contributed by atoms with van der Waals surface area (Å²) >= 11 is 0. The van der Waals surface area contributed by atoms with Crippen LogP contribution in [0.5, 0.6) is 0 Å². The van der Waals surface area contributed by atoms with Gasteiger partial charge in [-0.3, -0.25) is 0 Å². The fourth-order valence-electron chi connectivity index (χ4n) is 1.08. The molecule has 0 spiro atoms. The number of nitrogens with zero attached hydrogens (tertiary/aromatic N) is 1. The topological polar surface area (TPSA) is 59.6 Å². The number of nitrogens with two attached hydrogens (primary N) is 1. The van der Waals surface area contributed by atoms with Crippen LogP contribution in [0.2, 0.25) is 0 Å². The van der Waals surface area contributed by atoms with Crippen LogP contribution in [0.1, 0.15) is 0 Å². The summed E-state index contributed by atoms with van der Waals surface area (Å²) in [6.07, 6.45) is 0. The first-order valence-corrected chi connectivity index (χ1v) is 3.39. The standard InChI is InChI=1S/C6H13N3O.ClH/c1-10-9-6-4-8-3-5(6)2-7;/h5,8H,2-4,7H2,1H3;1H. The van der Waals surface area contributed by atoms with Gasteiger partial charge in [0.15, 0.2) is 0 Å². The van der Waals surface area contributed by atoms with Gasteiger partial charge in [-0.25, -0.2) is 0 Å². The van der Waals surface area contributed by atoms with Crippen LogP contribution in [0.15, 0.2) is 5.16 Å². The van der Waals surface area contributed by atoms with Gasteiger partial charge >= 0.3 is 0 Å². The lowest BCUT2D eigenvalue weighted by atomic mass is 10.1. The Labute approximate surface area is 72.6 Å². The zero-order valence-electron chi connectivity index (χ0n) is 6.54. The molecule has 4 nitrogen and oxygen atoms in total. The Hall–Kier alpha value is -0.320. The fourth-order valence-corrected chi connectivity index (χ4v) is 1.08. The number of oxime groups is 1. The van der Waals surface area contributed by atoms with Gasteiger partial charge < -0.3 is 15.9 Å². The molecular weight excluding hydrogens is 166 g/mol. The largest absolute Gasteiger partial charge is 0.399 e. The van der Waals surface area contributed by atoms with Gasteiger partial charge in [0.2, 0.25) is 0 Å². The zero-order valence-corrected chi connectivity index (χ0v) is 7.36. The van der Waals surface area contributed by atoms with Crippen LogP contribution < -0.4 is 11.1 Å². The predicted octanol–water partition coefficient (Wildman–Crippen LogP) is -0.411. The first-order chi connectivity index (χ1) is 4.88. The van der Waals surface area contributed by atoms with Crippen molar-refractivity contribution in [2.75, 3.05) is 26.7 Å². The van der Waals surface area contributed by atoms with E-state index in [1.807, 2.05) is 0 Å². The van der Waals surface area contributed by atoms with Gasteiger partial charge in [0, 0.05) is 25.6 Å². The molecule has 66 valence electrons. The maximum Gasteiger partial charge on any atom is 0.106 e. The maximum absolute atomic E-state index is 5.48. The van der Waals surface area contributed by atoms with E-state index in [-0.39, 0.29) is 12.4 Å². The van der Waals surface area contributed by atoms with E-state index in [4.69, 9.17) is 5.73 Å². The van der Waals surface area contributed by atoms with Gasteiger partial charge in [0.05, 0.1) is 5.71 Å². The van der Waals surface area contributed by atoms with E-state index in [9.17, 15) is 0 Å². The Morgan fingerprint density at radius 1 is 1.82 bits per heavy atom. The molecule has 0 bridgehead atoms. The van der Waals surface area contributed by atoms with Crippen molar-refractivity contribution in [3.05, 3.63) is 0 Å². The van der Waals surface area contributed by atoms with E-state index in [0.717, 1.165) is 18.8 Å². The summed E-state index contributed by atoms with van der Waals surface area (Å²) in [5.41, 5.74) is 6.51. The maximum atomic E-state index is 5.48. The normalized spacial score (nSPS) is 26.7. The molecular formula is C6H14ClN3O. The van der Waals surface area contributed by atoms with Crippen LogP contribution in [0.25, 0.3) is 0 Å². The van der Waals surface area contributed by atoms with Gasteiger partial charge in [-0.2, -0.15) is 0 Å². The van der Waals surface area contributed by atoms with Gasteiger partial charge in [-0.1, -0.05) is 5.16 Å². The van der Waals surface area contributed by atoms with E-state index in [2.05, 4.69) is 15.3 Å². The Morgan fingerprint density at radius 3 is 3.09 bits per heavy atom. The van der Waals surface area contributed by atoms with Crippen molar-refractivity contribution < 1.29 is 4.84 Å². The minimum absolute atomic E-state index is 0. The van der Waals surface area contributed by atoms with E-state index in [1.54, 1.807) is 7.11 Å². The Kier molecular flexibility index (Phi) is 5.19. The van der Waals surface area contributed by atoms with Crippen molar-refractivity contribution in [1.29, 1.82) is 0 Å². The molecule has 0 aromatic rings. The third-order valence-corrected chi connectivity index (χ3v) is 1.66. The summed E-state index contributed by atoms with van der Waals surface area (Å²) in [5, 5.41) is 7.02. The second-order valence-corrected chi connectivity index (χ2v) is 2.33. The van der Waals surface area contributed by atoms with Crippen molar-refractivity contribution in [3.8, 4) is 0 Å². The monoisotopic (exact) mass is 179 g/mol. The van der Waals surface area contributed by atoms with Crippen LogP contribution in [0.4, 0.5) is 0 Å². The number of rotatable bonds is 2. The molecule has 0 aliphatic carbocycles. The van der Waals surface area contributed by atoms with Gasteiger partial charge in [-0.15, -0.1) is 12.4 Å². The summed E-state index contributed by atoms with van der Waals surface area (Å²) in [4.78, 5) is 4.65. The molecule has 1 saturated heterocycles. The molecule has 0 amide bonds. The van der Waals surface area contributed by atoms with Gasteiger partial charge in [0.1, 0.15) is 7.11 Å². The molecule has 1 heterocycles. The van der Waals surface area contributed by atoms with Crippen LogP contribution in [-0.2, 0) is 4.84 Å². The van der Waals surface area contributed by atoms with E-state index < -0.39 is 0 Å². The summed E-state index contributed by atoms with van der Waals surface area (Å²) in [6.45, 7) is 2.39. The van der Waals surface area contributed by atoms with E-state index in [1.165, 1.54) is 0 Å². The van der Waals surface area contributed by atoms with E-state index in [0.29, 0.717) is 12.5 Å². The van der Waals surface area contributed by atoms with Gasteiger partial charge in [0.25, 0.3) is 0 Å². The average molecular weight is 180 g/mol. The molecule has 0 radical (unpaired) electrons. The summed E-state index contributed by atoms with van der Waals surface area (Å²) < 4.78 is 0. The lowest BCUT2D eigenvalue weighted by Gasteiger charge is -2.03. The highest BCUT2D eigenvalue weighted by molar-refractivity contribution is 5.90. The minimum Gasteiger partial charge on any atom is -0.399 e. The molecule has 1 aliphatic heterocycles. The highest BCUT2D eigenvalue weighted by atomic mass is 35.5. The molecule has 3 N–H and O–H groups in total. The molecule has 1 fully saturated rings. The number of hydrogen-bond donors (Lipinski definition) is 2. The lowest BCUT2D eigenvalue weighted by Crippen LogP contribution is -2.22. The van der Waals surface area contributed by atoms with Crippen molar-refractivity contribution in [2.45, 2.75) is 0 Å². The second-order valence-electron chi connectivity index (χ2n) is 2.33. The highest BCUT2D eigenvalue weighted by Crippen LogP contribution is 2.02. The highest BCUT2D eigenvalue weighted by Gasteiger charge is 2.20. The molecule has 5 heteroatoms. The molecule has 1 rings (SSSR count). The number of hydrogen-bond acceptors (Lipinski definition) is 4. The SMILES string of the molecule is CON=C1CNCC1CN.Cl. The summed E-state index contributed by atoms with van der Waals surface area (Å²) in [6, 6.07) is 0. The van der Waals surface area contributed by atoms with Crippen molar-refractivity contribution in [3.63, 3.8) is 0 Å².